The van der Waals surface area contributed by atoms with Crippen molar-refractivity contribution in [2.45, 2.75) is 19.4 Å². The van der Waals surface area contributed by atoms with Crippen molar-refractivity contribution < 1.29 is 19.4 Å². The van der Waals surface area contributed by atoms with Gasteiger partial charge in [-0.1, -0.05) is 0 Å². The van der Waals surface area contributed by atoms with Crippen LogP contribution in [0.4, 0.5) is 0 Å². The first kappa shape index (κ1) is 9.98. The van der Waals surface area contributed by atoms with Crippen molar-refractivity contribution in [3.63, 3.8) is 0 Å². The summed E-state index contributed by atoms with van der Waals surface area (Å²) in [6, 6.07) is 0. The van der Waals surface area contributed by atoms with Gasteiger partial charge in [-0.15, -0.1) is 0 Å². The molecule has 0 aromatic rings. The second-order valence-corrected chi connectivity index (χ2v) is 3.08. The first-order valence-corrected chi connectivity index (χ1v) is 4.18. The SMILES string of the molecule is CC(=O)N1CC[C@H](OCC(=O)O)C1. The van der Waals surface area contributed by atoms with E-state index in [1.807, 2.05) is 0 Å². The fourth-order valence-corrected chi connectivity index (χ4v) is 1.34. The Morgan fingerprint density at radius 2 is 2.31 bits per heavy atom. The minimum atomic E-state index is -0.971. The van der Waals surface area contributed by atoms with Gasteiger partial charge in [-0.25, -0.2) is 4.79 Å². The average molecular weight is 187 g/mol. The molecule has 1 aliphatic rings. The van der Waals surface area contributed by atoms with Gasteiger partial charge >= 0.3 is 5.97 Å². The van der Waals surface area contributed by atoms with Crippen LogP contribution in [-0.2, 0) is 14.3 Å². The largest absolute Gasteiger partial charge is 0.480 e. The molecule has 13 heavy (non-hydrogen) atoms. The second-order valence-electron chi connectivity index (χ2n) is 3.08. The Hall–Kier alpha value is -1.10. The molecule has 0 aromatic heterocycles. The Bertz CT molecular complexity index is 216. The molecule has 0 aromatic carbocycles. The summed E-state index contributed by atoms with van der Waals surface area (Å²) < 4.78 is 5.05. The van der Waals surface area contributed by atoms with Crippen LogP contribution in [0.3, 0.4) is 0 Å². The summed E-state index contributed by atoms with van der Waals surface area (Å²) in [6.45, 7) is 2.40. The fourth-order valence-electron chi connectivity index (χ4n) is 1.34. The molecule has 74 valence electrons. The molecule has 5 nitrogen and oxygen atoms in total. The van der Waals surface area contributed by atoms with E-state index in [9.17, 15) is 9.59 Å². The third kappa shape index (κ3) is 3.02. The minimum Gasteiger partial charge on any atom is -0.480 e. The molecule has 0 radical (unpaired) electrons. The normalized spacial score (nSPS) is 21.9. The Balaban J connectivity index is 2.25. The summed E-state index contributed by atoms with van der Waals surface area (Å²) in [6.07, 6.45) is 0.618. The highest BCUT2D eigenvalue weighted by molar-refractivity contribution is 5.73. The Labute approximate surface area is 76.3 Å². The summed E-state index contributed by atoms with van der Waals surface area (Å²) in [5.74, 6) is -0.956. The van der Waals surface area contributed by atoms with E-state index in [0.29, 0.717) is 13.1 Å². The molecule has 1 fully saturated rings. The molecule has 0 aliphatic carbocycles. The van der Waals surface area contributed by atoms with E-state index in [1.165, 1.54) is 6.92 Å². The second kappa shape index (κ2) is 4.23. The lowest BCUT2D eigenvalue weighted by molar-refractivity contribution is -0.144. The number of carbonyl (C=O) groups excluding carboxylic acids is 1. The minimum absolute atomic E-state index is 0.0152. The van der Waals surface area contributed by atoms with Gasteiger partial charge in [-0.2, -0.15) is 0 Å². The summed E-state index contributed by atoms with van der Waals surface area (Å²) in [4.78, 5) is 22.7. The van der Waals surface area contributed by atoms with Crippen molar-refractivity contribution in [2.75, 3.05) is 19.7 Å². The van der Waals surface area contributed by atoms with Crippen LogP contribution in [0, 0.1) is 0 Å². The van der Waals surface area contributed by atoms with Gasteiger partial charge in [-0.3, -0.25) is 4.79 Å². The maximum Gasteiger partial charge on any atom is 0.329 e. The summed E-state index contributed by atoms with van der Waals surface area (Å²) in [7, 11) is 0. The number of carbonyl (C=O) groups is 2. The Kier molecular flexibility index (Phi) is 3.25. The van der Waals surface area contributed by atoms with Gasteiger partial charge < -0.3 is 14.7 Å². The molecule has 0 bridgehead atoms. The van der Waals surface area contributed by atoms with E-state index in [0.717, 1.165) is 6.42 Å². The number of nitrogens with zero attached hydrogens (tertiary/aromatic N) is 1. The maximum absolute atomic E-state index is 10.9. The van der Waals surface area contributed by atoms with Crippen LogP contribution in [0.15, 0.2) is 0 Å². The highest BCUT2D eigenvalue weighted by Crippen LogP contribution is 2.12. The molecule has 1 N–H and O–H groups in total. The number of likely N-dealkylation sites (tertiary alicyclic amines) is 1. The number of hydrogen-bond acceptors (Lipinski definition) is 3. The van der Waals surface area contributed by atoms with Gasteiger partial charge in [0.25, 0.3) is 0 Å². The molecule has 1 saturated heterocycles. The van der Waals surface area contributed by atoms with Crippen LogP contribution in [-0.4, -0.2) is 47.7 Å². The number of rotatable bonds is 3. The van der Waals surface area contributed by atoms with Gasteiger partial charge in [0.2, 0.25) is 5.91 Å². The first-order valence-electron chi connectivity index (χ1n) is 4.18. The third-order valence-electron chi connectivity index (χ3n) is 2.03. The molecular formula is C8H13NO4. The molecule has 0 saturated carbocycles. The van der Waals surface area contributed by atoms with Crippen LogP contribution in [0.2, 0.25) is 0 Å². The van der Waals surface area contributed by atoms with Gasteiger partial charge in [0.05, 0.1) is 6.10 Å². The lowest BCUT2D eigenvalue weighted by Crippen LogP contribution is -2.28. The van der Waals surface area contributed by atoms with Crippen LogP contribution < -0.4 is 0 Å². The van der Waals surface area contributed by atoms with Crippen molar-refractivity contribution in [2.24, 2.45) is 0 Å². The van der Waals surface area contributed by atoms with Crippen LogP contribution >= 0.6 is 0 Å². The molecule has 0 unspecified atom stereocenters. The van der Waals surface area contributed by atoms with Gasteiger partial charge in [0.1, 0.15) is 6.61 Å². The molecular weight excluding hydrogens is 174 g/mol. The number of amides is 1. The molecule has 1 rings (SSSR count). The van der Waals surface area contributed by atoms with Gasteiger partial charge in [0, 0.05) is 20.0 Å². The van der Waals surface area contributed by atoms with Crippen molar-refractivity contribution >= 4 is 11.9 Å². The van der Waals surface area contributed by atoms with Gasteiger partial charge in [-0.05, 0) is 6.42 Å². The van der Waals surface area contributed by atoms with Gasteiger partial charge in [0.15, 0.2) is 0 Å². The standard InChI is InChI=1S/C8H13NO4/c1-6(10)9-3-2-7(4-9)13-5-8(11)12/h7H,2-5H2,1H3,(H,11,12)/t7-/m0/s1. The number of hydrogen-bond donors (Lipinski definition) is 1. The van der Waals surface area contributed by atoms with E-state index >= 15 is 0 Å². The monoisotopic (exact) mass is 187 g/mol. The number of carboxylic acid groups (broad SMARTS) is 1. The number of aliphatic carboxylic acids is 1. The zero-order valence-corrected chi connectivity index (χ0v) is 7.52. The highest BCUT2D eigenvalue weighted by Gasteiger charge is 2.24. The zero-order valence-electron chi connectivity index (χ0n) is 7.52. The molecule has 1 atom stereocenters. The van der Waals surface area contributed by atoms with Crippen molar-refractivity contribution in [1.82, 2.24) is 4.90 Å². The van der Waals surface area contributed by atoms with Crippen LogP contribution in [0.25, 0.3) is 0 Å². The predicted molar refractivity (Wildman–Crippen MR) is 44.2 cm³/mol. The molecule has 1 amide bonds. The lowest BCUT2D eigenvalue weighted by Gasteiger charge is -2.13. The van der Waals surface area contributed by atoms with Crippen LogP contribution in [0.5, 0.6) is 0 Å². The maximum atomic E-state index is 10.9. The van der Waals surface area contributed by atoms with E-state index in [1.54, 1.807) is 4.90 Å². The van der Waals surface area contributed by atoms with E-state index in [-0.39, 0.29) is 18.6 Å². The Morgan fingerprint density at radius 1 is 1.62 bits per heavy atom. The van der Waals surface area contributed by atoms with Crippen molar-refractivity contribution in [3.05, 3.63) is 0 Å². The van der Waals surface area contributed by atoms with Crippen molar-refractivity contribution in [3.8, 4) is 0 Å². The third-order valence-corrected chi connectivity index (χ3v) is 2.03. The fraction of sp³-hybridized carbons (Fsp3) is 0.750. The Morgan fingerprint density at radius 3 is 2.77 bits per heavy atom. The average Bonchev–Trinajstić information content (AvgIpc) is 2.48. The van der Waals surface area contributed by atoms with Crippen LogP contribution in [0.1, 0.15) is 13.3 Å². The topological polar surface area (TPSA) is 66.8 Å². The van der Waals surface area contributed by atoms with E-state index in [2.05, 4.69) is 0 Å². The predicted octanol–water partition coefficient (Wildman–Crippen LogP) is -0.292. The highest BCUT2D eigenvalue weighted by atomic mass is 16.5. The quantitative estimate of drug-likeness (QED) is 0.659. The van der Waals surface area contributed by atoms with Crippen molar-refractivity contribution in [1.29, 1.82) is 0 Å². The first-order chi connectivity index (χ1) is 6.09. The summed E-state index contributed by atoms with van der Waals surface area (Å²) >= 11 is 0. The zero-order chi connectivity index (χ0) is 9.84. The summed E-state index contributed by atoms with van der Waals surface area (Å²) in [5, 5.41) is 8.34. The molecule has 1 aliphatic heterocycles. The molecule has 1 heterocycles. The lowest BCUT2D eigenvalue weighted by atomic mass is 10.3. The molecule has 0 spiro atoms. The summed E-state index contributed by atoms with van der Waals surface area (Å²) in [5.41, 5.74) is 0. The number of carboxylic acids is 1. The molecule has 5 heteroatoms. The van der Waals surface area contributed by atoms with E-state index < -0.39 is 5.97 Å². The number of ether oxygens (including phenoxy) is 1. The smallest absolute Gasteiger partial charge is 0.329 e. The van der Waals surface area contributed by atoms with E-state index in [4.69, 9.17) is 9.84 Å².